The van der Waals surface area contributed by atoms with Gasteiger partial charge in [-0.25, -0.2) is 15.0 Å². The van der Waals surface area contributed by atoms with Crippen molar-refractivity contribution < 1.29 is 9.47 Å². The van der Waals surface area contributed by atoms with E-state index in [0.29, 0.717) is 6.79 Å². The van der Waals surface area contributed by atoms with Crippen molar-refractivity contribution in [1.82, 2.24) is 29.6 Å². The highest BCUT2D eigenvalue weighted by Crippen LogP contribution is 2.33. The van der Waals surface area contributed by atoms with Crippen LogP contribution in [-0.4, -0.2) is 62.6 Å². The van der Waals surface area contributed by atoms with Crippen LogP contribution < -0.4 is 14.4 Å². The van der Waals surface area contributed by atoms with E-state index in [1.54, 1.807) is 17.2 Å². The van der Waals surface area contributed by atoms with Gasteiger partial charge in [0.2, 0.25) is 6.79 Å². The molecular formula is C22H21N7O2. The second-order valence-electron chi connectivity index (χ2n) is 7.63. The Kier molecular flexibility index (Phi) is 4.38. The second-order valence-corrected chi connectivity index (χ2v) is 7.63. The Labute approximate surface area is 178 Å². The highest BCUT2D eigenvalue weighted by Gasteiger charge is 2.22. The Hall–Kier alpha value is -3.72. The molecule has 5 heterocycles. The number of pyridine rings is 1. The first-order valence-electron chi connectivity index (χ1n) is 10.3. The molecule has 3 aromatic heterocycles. The largest absolute Gasteiger partial charge is 0.454 e. The standard InChI is InChI=1S/C22H21N7O2/c1-2-6-23-20(3-1)29-22-17(12-26-29)21(24-14-25-22)28-9-7-27(8-10-28)13-16-4-5-18-19(11-16)31-15-30-18/h1-6,11-12,14H,7-10,13,15H2. The highest BCUT2D eigenvalue weighted by atomic mass is 16.7. The third-order valence-electron chi connectivity index (χ3n) is 5.73. The maximum absolute atomic E-state index is 5.50. The Balaban J connectivity index is 1.18. The zero-order valence-corrected chi connectivity index (χ0v) is 16.9. The summed E-state index contributed by atoms with van der Waals surface area (Å²) in [5.74, 6) is 3.34. The van der Waals surface area contributed by atoms with Gasteiger partial charge in [-0.3, -0.25) is 4.90 Å². The Morgan fingerprint density at radius 2 is 1.81 bits per heavy atom. The summed E-state index contributed by atoms with van der Waals surface area (Å²) in [6.45, 7) is 4.89. The molecule has 6 rings (SSSR count). The number of benzene rings is 1. The number of fused-ring (bicyclic) bond motifs is 2. The molecule has 0 unspecified atom stereocenters. The van der Waals surface area contributed by atoms with Crippen LogP contribution in [0.15, 0.2) is 55.1 Å². The summed E-state index contributed by atoms with van der Waals surface area (Å²) in [5.41, 5.74) is 2.00. The van der Waals surface area contributed by atoms with E-state index >= 15 is 0 Å². The van der Waals surface area contributed by atoms with Crippen molar-refractivity contribution in [3.05, 3.63) is 60.7 Å². The lowest BCUT2D eigenvalue weighted by Crippen LogP contribution is -2.46. The number of hydrogen-bond donors (Lipinski definition) is 0. The first-order chi connectivity index (χ1) is 15.3. The number of anilines is 1. The van der Waals surface area contributed by atoms with Gasteiger partial charge in [0.1, 0.15) is 12.1 Å². The molecule has 9 heteroatoms. The van der Waals surface area contributed by atoms with Crippen molar-refractivity contribution in [2.45, 2.75) is 6.54 Å². The van der Waals surface area contributed by atoms with Crippen molar-refractivity contribution in [2.24, 2.45) is 0 Å². The van der Waals surface area contributed by atoms with E-state index in [2.05, 4.69) is 42.0 Å². The Morgan fingerprint density at radius 3 is 2.68 bits per heavy atom. The summed E-state index contributed by atoms with van der Waals surface area (Å²) in [7, 11) is 0. The van der Waals surface area contributed by atoms with Crippen LogP contribution in [0.1, 0.15) is 5.56 Å². The third-order valence-corrected chi connectivity index (χ3v) is 5.73. The predicted molar refractivity (Wildman–Crippen MR) is 115 cm³/mol. The normalized spacial score (nSPS) is 16.2. The van der Waals surface area contributed by atoms with Crippen molar-refractivity contribution >= 4 is 16.9 Å². The molecule has 9 nitrogen and oxygen atoms in total. The molecule has 0 amide bonds. The third kappa shape index (κ3) is 3.32. The van der Waals surface area contributed by atoms with E-state index in [9.17, 15) is 0 Å². The van der Waals surface area contributed by atoms with E-state index < -0.39 is 0 Å². The first kappa shape index (κ1) is 18.1. The average Bonchev–Trinajstić information content (AvgIpc) is 3.47. The number of rotatable bonds is 4. The lowest BCUT2D eigenvalue weighted by Gasteiger charge is -2.35. The first-order valence-corrected chi connectivity index (χ1v) is 10.3. The van der Waals surface area contributed by atoms with Crippen molar-refractivity contribution in [3.63, 3.8) is 0 Å². The fourth-order valence-electron chi connectivity index (χ4n) is 4.15. The SMILES string of the molecule is c1ccc(-n2ncc3c(N4CCN(Cc5ccc6c(c5)OCO6)CC4)ncnc32)nc1. The predicted octanol–water partition coefficient (Wildman–Crippen LogP) is 2.26. The van der Waals surface area contributed by atoms with Crippen LogP contribution in [0, 0.1) is 0 Å². The monoisotopic (exact) mass is 415 g/mol. The minimum absolute atomic E-state index is 0.307. The number of ether oxygens (including phenoxy) is 2. The quantitative estimate of drug-likeness (QED) is 0.502. The van der Waals surface area contributed by atoms with Crippen molar-refractivity contribution in [1.29, 1.82) is 0 Å². The molecule has 1 saturated heterocycles. The van der Waals surface area contributed by atoms with E-state index in [1.807, 2.05) is 30.5 Å². The molecule has 0 aliphatic carbocycles. The zero-order valence-electron chi connectivity index (χ0n) is 16.9. The van der Waals surface area contributed by atoms with Gasteiger partial charge in [0, 0.05) is 38.9 Å². The summed E-state index contributed by atoms with van der Waals surface area (Å²) in [5, 5.41) is 5.45. The molecule has 4 aromatic rings. The zero-order chi connectivity index (χ0) is 20.6. The molecule has 0 N–H and O–H groups in total. The van der Waals surface area contributed by atoms with Crippen molar-refractivity contribution in [2.75, 3.05) is 37.9 Å². The molecule has 156 valence electrons. The number of hydrogen-bond acceptors (Lipinski definition) is 8. The van der Waals surface area contributed by atoms with E-state index in [0.717, 1.165) is 66.9 Å². The summed E-state index contributed by atoms with van der Waals surface area (Å²) in [4.78, 5) is 18.2. The molecule has 31 heavy (non-hydrogen) atoms. The van der Waals surface area contributed by atoms with Gasteiger partial charge >= 0.3 is 0 Å². The lowest BCUT2D eigenvalue weighted by molar-refractivity contribution is 0.174. The molecule has 2 aliphatic rings. The van der Waals surface area contributed by atoms with Gasteiger partial charge < -0.3 is 14.4 Å². The van der Waals surface area contributed by atoms with Crippen LogP contribution in [0.3, 0.4) is 0 Å². The van der Waals surface area contributed by atoms with E-state index in [-0.39, 0.29) is 0 Å². The molecule has 1 aromatic carbocycles. The maximum Gasteiger partial charge on any atom is 0.231 e. The van der Waals surface area contributed by atoms with Gasteiger partial charge in [0.05, 0.1) is 11.6 Å². The van der Waals surface area contributed by atoms with Gasteiger partial charge in [0.25, 0.3) is 0 Å². The van der Waals surface area contributed by atoms with Crippen LogP contribution in [0.4, 0.5) is 5.82 Å². The Bertz CT molecular complexity index is 1220. The summed E-state index contributed by atoms with van der Waals surface area (Å²) in [6, 6.07) is 11.9. The van der Waals surface area contributed by atoms with Crippen LogP contribution >= 0.6 is 0 Å². The van der Waals surface area contributed by atoms with Crippen LogP contribution in [-0.2, 0) is 6.54 Å². The topological polar surface area (TPSA) is 81.4 Å². The summed E-state index contributed by atoms with van der Waals surface area (Å²) < 4.78 is 12.7. The maximum atomic E-state index is 5.50. The van der Waals surface area contributed by atoms with Gasteiger partial charge in [-0.15, -0.1) is 0 Å². The number of aromatic nitrogens is 5. The van der Waals surface area contributed by atoms with Crippen LogP contribution in [0.25, 0.3) is 16.9 Å². The fraction of sp³-hybridized carbons (Fsp3) is 0.273. The second kappa shape index (κ2) is 7.51. The molecule has 0 saturated carbocycles. The number of nitrogens with zero attached hydrogens (tertiary/aromatic N) is 7. The van der Waals surface area contributed by atoms with Crippen LogP contribution in [0.2, 0.25) is 0 Å². The molecule has 0 radical (unpaired) electrons. The molecular weight excluding hydrogens is 394 g/mol. The van der Waals surface area contributed by atoms with E-state index in [4.69, 9.17) is 9.47 Å². The molecule has 0 spiro atoms. The lowest BCUT2D eigenvalue weighted by atomic mass is 10.1. The Morgan fingerprint density at radius 1 is 0.903 bits per heavy atom. The average molecular weight is 415 g/mol. The smallest absolute Gasteiger partial charge is 0.231 e. The molecule has 0 bridgehead atoms. The molecule has 2 aliphatic heterocycles. The van der Waals surface area contributed by atoms with E-state index in [1.165, 1.54) is 5.56 Å². The van der Waals surface area contributed by atoms with Crippen molar-refractivity contribution in [3.8, 4) is 17.3 Å². The van der Waals surface area contributed by atoms with Crippen LogP contribution in [0.5, 0.6) is 11.5 Å². The molecule has 1 fully saturated rings. The minimum Gasteiger partial charge on any atom is -0.454 e. The number of piperazine rings is 1. The highest BCUT2D eigenvalue weighted by molar-refractivity contribution is 5.87. The van der Waals surface area contributed by atoms with Gasteiger partial charge in [-0.2, -0.15) is 9.78 Å². The fourth-order valence-corrected chi connectivity index (χ4v) is 4.15. The molecule has 0 atom stereocenters. The van der Waals surface area contributed by atoms with Gasteiger partial charge in [-0.1, -0.05) is 12.1 Å². The van der Waals surface area contributed by atoms with Gasteiger partial charge in [0.15, 0.2) is 23.0 Å². The summed E-state index contributed by atoms with van der Waals surface area (Å²) >= 11 is 0. The van der Waals surface area contributed by atoms with Gasteiger partial charge in [-0.05, 0) is 29.8 Å². The summed E-state index contributed by atoms with van der Waals surface area (Å²) in [6.07, 6.45) is 5.19. The minimum atomic E-state index is 0.307.